The Hall–Kier alpha value is -2.65. The highest BCUT2D eigenvalue weighted by Gasteiger charge is 2.32. The molecule has 0 spiro atoms. The third kappa shape index (κ3) is 3.20. The minimum Gasteiger partial charge on any atom is -0.492 e. The first kappa shape index (κ1) is 20.1. The van der Waals surface area contributed by atoms with E-state index in [4.69, 9.17) is 4.74 Å². The summed E-state index contributed by atoms with van der Waals surface area (Å²) < 4.78 is 22.5. The van der Waals surface area contributed by atoms with Crippen LogP contribution >= 0.6 is 0 Å². The Labute approximate surface area is 160 Å². The number of hydrogen-bond donors (Lipinski definition) is 2. The van der Waals surface area contributed by atoms with Crippen LogP contribution in [0.2, 0.25) is 0 Å². The Morgan fingerprint density at radius 2 is 2.11 bits per heavy atom. The van der Waals surface area contributed by atoms with Gasteiger partial charge in [-0.3, -0.25) is 4.79 Å². The lowest BCUT2D eigenvalue weighted by Crippen LogP contribution is -2.49. The summed E-state index contributed by atoms with van der Waals surface area (Å²) in [5.74, 6) is -1.59. The summed E-state index contributed by atoms with van der Waals surface area (Å²) in [6, 6.07) is 1.45. The molecular weight excluding hydrogens is 369 g/mol. The zero-order chi connectivity index (χ0) is 19.3. The molecule has 9 heteroatoms. The molecule has 152 valence electrons. The van der Waals surface area contributed by atoms with Crippen molar-refractivity contribution in [3.8, 4) is 5.75 Å². The van der Waals surface area contributed by atoms with Crippen LogP contribution in [0.5, 0.6) is 5.75 Å². The molecule has 2 heterocycles. The number of fused-ring (bicyclic) bond motifs is 1. The second-order valence-corrected chi connectivity index (χ2v) is 7.25. The van der Waals surface area contributed by atoms with Crippen molar-refractivity contribution < 1.29 is 24.5 Å². The normalized spacial score (nSPS) is 19.4. The van der Waals surface area contributed by atoms with Crippen molar-refractivity contribution in [2.75, 3.05) is 31.6 Å². The maximum absolute atomic E-state index is 15.1. The SMILES string of the molecule is COc1c(N2CCNC(C)C2)c(F)cc2c(=O)c(C(=O)O)cn(C3CC3)c12.O. The summed E-state index contributed by atoms with van der Waals surface area (Å²) in [7, 11) is 1.45. The predicted molar refractivity (Wildman–Crippen MR) is 103 cm³/mol. The van der Waals surface area contributed by atoms with Gasteiger partial charge in [0.1, 0.15) is 11.3 Å². The van der Waals surface area contributed by atoms with Gasteiger partial charge in [0, 0.05) is 37.9 Å². The van der Waals surface area contributed by atoms with Crippen molar-refractivity contribution in [3.63, 3.8) is 0 Å². The first-order chi connectivity index (χ1) is 12.9. The lowest BCUT2D eigenvalue weighted by atomic mass is 10.1. The van der Waals surface area contributed by atoms with E-state index in [0.29, 0.717) is 30.0 Å². The summed E-state index contributed by atoms with van der Waals surface area (Å²) in [4.78, 5) is 26.1. The van der Waals surface area contributed by atoms with Gasteiger partial charge >= 0.3 is 5.97 Å². The van der Waals surface area contributed by atoms with Crippen LogP contribution in [0.4, 0.5) is 10.1 Å². The van der Waals surface area contributed by atoms with Crippen LogP contribution in [0, 0.1) is 5.82 Å². The number of ether oxygens (including phenoxy) is 1. The van der Waals surface area contributed by atoms with Gasteiger partial charge in [-0.1, -0.05) is 0 Å². The standard InChI is InChI=1S/C19H22FN3O4.H2O/c1-10-8-22(6-5-21-10)16-14(20)7-12-15(18(16)27-2)23(11-3-4-11)9-13(17(12)24)19(25)26;/h7,9-11,21H,3-6,8H2,1-2H3,(H,25,26);1H2. The van der Waals surface area contributed by atoms with E-state index in [1.807, 2.05) is 11.8 Å². The van der Waals surface area contributed by atoms with E-state index < -0.39 is 17.2 Å². The fraction of sp³-hybridized carbons (Fsp3) is 0.474. The number of pyridine rings is 1. The molecular formula is C19H24FN3O5. The van der Waals surface area contributed by atoms with E-state index in [9.17, 15) is 14.7 Å². The van der Waals surface area contributed by atoms with Crippen LogP contribution < -0.4 is 20.4 Å². The Bertz CT molecular complexity index is 986. The van der Waals surface area contributed by atoms with Gasteiger partial charge in [0.15, 0.2) is 11.6 Å². The first-order valence-electron chi connectivity index (χ1n) is 9.09. The molecule has 28 heavy (non-hydrogen) atoms. The summed E-state index contributed by atoms with van der Waals surface area (Å²) in [5.41, 5.74) is -0.237. The molecule has 1 aliphatic carbocycles. The second kappa shape index (κ2) is 7.40. The zero-order valence-electron chi connectivity index (χ0n) is 15.8. The summed E-state index contributed by atoms with van der Waals surface area (Å²) >= 11 is 0. The average molecular weight is 393 g/mol. The van der Waals surface area contributed by atoms with Crippen molar-refractivity contribution in [2.45, 2.75) is 31.8 Å². The molecule has 0 bridgehead atoms. The maximum atomic E-state index is 15.1. The molecule has 1 aromatic heterocycles. The number of anilines is 1. The van der Waals surface area contributed by atoms with Crippen molar-refractivity contribution in [1.29, 1.82) is 0 Å². The number of hydrogen-bond acceptors (Lipinski definition) is 5. The van der Waals surface area contributed by atoms with Crippen molar-refractivity contribution >= 4 is 22.6 Å². The zero-order valence-corrected chi connectivity index (χ0v) is 15.8. The van der Waals surface area contributed by atoms with Gasteiger partial charge in [-0.15, -0.1) is 0 Å². The van der Waals surface area contributed by atoms with Gasteiger partial charge in [0.2, 0.25) is 5.43 Å². The van der Waals surface area contributed by atoms with Crippen LogP contribution in [0.3, 0.4) is 0 Å². The molecule has 1 unspecified atom stereocenters. The number of aromatic nitrogens is 1. The van der Waals surface area contributed by atoms with E-state index in [1.54, 1.807) is 4.57 Å². The number of carbonyl (C=O) groups is 1. The lowest BCUT2D eigenvalue weighted by Gasteiger charge is -2.35. The van der Waals surface area contributed by atoms with E-state index >= 15 is 4.39 Å². The number of methoxy groups -OCH3 is 1. The fourth-order valence-electron chi connectivity index (χ4n) is 3.86. The Morgan fingerprint density at radius 1 is 1.39 bits per heavy atom. The quantitative estimate of drug-likeness (QED) is 0.805. The molecule has 1 aromatic carbocycles. The highest BCUT2D eigenvalue weighted by molar-refractivity contribution is 5.97. The minimum absolute atomic E-state index is 0. The van der Waals surface area contributed by atoms with Gasteiger partial charge < -0.3 is 30.1 Å². The van der Waals surface area contributed by atoms with Gasteiger partial charge in [0.25, 0.3) is 0 Å². The van der Waals surface area contributed by atoms with Crippen LogP contribution in [0.25, 0.3) is 10.9 Å². The number of nitrogens with one attached hydrogen (secondary N) is 1. The molecule has 8 nitrogen and oxygen atoms in total. The maximum Gasteiger partial charge on any atom is 0.341 e. The molecule has 4 rings (SSSR count). The largest absolute Gasteiger partial charge is 0.492 e. The van der Waals surface area contributed by atoms with Crippen LogP contribution in [0.15, 0.2) is 17.1 Å². The highest BCUT2D eigenvalue weighted by atomic mass is 19.1. The minimum atomic E-state index is -1.31. The molecule has 2 aromatic rings. The highest BCUT2D eigenvalue weighted by Crippen LogP contribution is 2.43. The lowest BCUT2D eigenvalue weighted by molar-refractivity contribution is 0.0695. The summed E-state index contributed by atoms with van der Waals surface area (Å²) in [6.07, 6.45) is 3.14. The van der Waals surface area contributed by atoms with Crippen molar-refractivity contribution in [1.82, 2.24) is 9.88 Å². The first-order valence-corrected chi connectivity index (χ1v) is 9.09. The molecule has 2 aliphatic rings. The number of carboxylic acids is 1. The molecule has 1 aliphatic heterocycles. The van der Waals surface area contributed by atoms with Gasteiger partial charge in [-0.2, -0.15) is 0 Å². The van der Waals surface area contributed by atoms with E-state index in [0.717, 1.165) is 25.5 Å². The van der Waals surface area contributed by atoms with Gasteiger partial charge in [-0.05, 0) is 25.8 Å². The van der Waals surface area contributed by atoms with E-state index in [1.165, 1.54) is 13.3 Å². The number of nitrogens with zero attached hydrogens (tertiary/aromatic N) is 2. The number of carboxylic acid groups (broad SMARTS) is 1. The monoisotopic (exact) mass is 393 g/mol. The third-order valence-corrected chi connectivity index (χ3v) is 5.26. The van der Waals surface area contributed by atoms with Crippen LogP contribution in [0.1, 0.15) is 36.2 Å². The van der Waals surface area contributed by atoms with Crippen LogP contribution in [-0.2, 0) is 0 Å². The summed E-state index contributed by atoms with van der Waals surface area (Å²) in [5, 5.41) is 12.7. The number of aromatic carboxylic acids is 1. The Kier molecular flexibility index (Phi) is 5.31. The molecule has 0 radical (unpaired) electrons. The smallest absolute Gasteiger partial charge is 0.341 e. The van der Waals surface area contributed by atoms with Crippen LogP contribution in [-0.4, -0.2) is 53.9 Å². The molecule has 1 saturated heterocycles. The topological polar surface area (TPSA) is 115 Å². The van der Waals surface area contributed by atoms with Crippen molar-refractivity contribution in [3.05, 3.63) is 33.9 Å². The van der Waals surface area contributed by atoms with Gasteiger partial charge in [0.05, 0.1) is 18.0 Å². The number of piperazine rings is 1. The number of benzene rings is 1. The molecule has 2 fully saturated rings. The molecule has 1 atom stereocenters. The van der Waals surface area contributed by atoms with E-state index in [-0.39, 0.29) is 28.5 Å². The number of halogens is 1. The predicted octanol–water partition coefficient (Wildman–Crippen LogP) is 1.16. The molecule has 1 saturated carbocycles. The third-order valence-electron chi connectivity index (χ3n) is 5.26. The fourth-order valence-corrected chi connectivity index (χ4v) is 3.86. The Morgan fingerprint density at radius 3 is 2.68 bits per heavy atom. The second-order valence-electron chi connectivity index (χ2n) is 7.25. The van der Waals surface area contributed by atoms with Gasteiger partial charge in [-0.25, -0.2) is 9.18 Å². The molecule has 4 N–H and O–H groups in total. The van der Waals surface area contributed by atoms with Crippen molar-refractivity contribution in [2.24, 2.45) is 0 Å². The van der Waals surface area contributed by atoms with E-state index in [2.05, 4.69) is 5.32 Å². The number of rotatable bonds is 4. The Balaban J connectivity index is 0.00000225. The average Bonchev–Trinajstić information content (AvgIpc) is 3.46. The molecule has 0 amide bonds. The summed E-state index contributed by atoms with van der Waals surface area (Å²) in [6.45, 7) is 3.97.